The van der Waals surface area contributed by atoms with Crippen molar-refractivity contribution in [2.45, 2.75) is 139 Å². The zero-order valence-electron chi connectivity index (χ0n) is 34.4. The highest BCUT2D eigenvalue weighted by Gasteiger charge is 2.42. The van der Waals surface area contributed by atoms with Crippen molar-refractivity contribution in [1.29, 1.82) is 0 Å². The lowest BCUT2D eigenvalue weighted by Crippen LogP contribution is -2.50. The molecule has 2 fully saturated rings. The van der Waals surface area contributed by atoms with Gasteiger partial charge in [0, 0.05) is 36.3 Å². The van der Waals surface area contributed by atoms with E-state index >= 15 is 0 Å². The molecule has 2 aliphatic carbocycles. The van der Waals surface area contributed by atoms with Crippen LogP contribution in [0.3, 0.4) is 0 Å². The second-order valence-corrected chi connectivity index (χ2v) is 19.2. The zero-order chi connectivity index (χ0) is 40.8. The summed E-state index contributed by atoms with van der Waals surface area (Å²) in [6.07, 6.45) is 7.33. The van der Waals surface area contributed by atoms with Gasteiger partial charge in [0.15, 0.2) is 0 Å². The summed E-state index contributed by atoms with van der Waals surface area (Å²) in [6, 6.07) is -0.250. The van der Waals surface area contributed by atoms with Gasteiger partial charge in [0.05, 0.1) is 25.8 Å². The molecule has 0 saturated heterocycles. The molecule has 2 aliphatic rings. The molecule has 0 aromatic carbocycles. The van der Waals surface area contributed by atoms with Crippen molar-refractivity contribution < 1.29 is 47.7 Å². The summed E-state index contributed by atoms with van der Waals surface area (Å²) in [5.74, 6) is -0.553. The Morgan fingerprint density at radius 2 is 1.26 bits per heavy atom. The number of isocyanates is 2. The van der Waals surface area contributed by atoms with Gasteiger partial charge in [0.1, 0.15) is 13.2 Å². The first-order chi connectivity index (χ1) is 25.0. The van der Waals surface area contributed by atoms with Crippen LogP contribution in [-0.2, 0) is 38.1 Å². The van der Waals surface area contributed by atoms with Gasteiger partial charge < -0.3 is 29.6 Å². The number of alkyl carbamates (subject to hydrolysis) is 2. The molecule has 2 saturated carbocycles. The molecule has 306 valence electrons. The Bertz CT molecular complexity index is 1380. The highest BCUT2D eigenvalue weighted by Crippen LogP contribution is 2.47. The minimum Gasteiger partial charge on any atom is -0.465 e. The van der Waals surface area contributed by atoms with Gasteiger partial charge in [-0.05, 0) is 73.0 Å². The van der Waals surface area contributed by atoms with Crippen molar-refractivity contribution in [3.8, 4) is 0 Å². The number of unbranched alkanes of at least 4 members (excludes halogenated alkanes) is 1. The van der Waals surface area contributed by atoms with Gasteiger partial charge in [0.25, 0.3) is 0 Å². The summed E-state index contributed by atoms with van der Waals surface area (Å²) in [4.78, 5) is 79.2. The van der Waals surface area contributed by atoms with E-state index in [-0.39, 0.29) is 79.4 Å². The largest absolute Gasteiger partial charge is 0.465 e. The lowest BCUT2D eigenvalue weighted by atomic mass is 9.63. The van der Waals surface area contributed by atoms with Crippen molar-refractivity contribution in [2.75, 3.05) is 39.5 Å². The first kappa shape index (κ1) is 46.4. The predicted octanol–water partition coefficient (Wildman–Crippen LogP) is 6.84. The molecule has 0 heterocycles. The Morgan fingerprint density at radius 3 is 1.80 bits per heavy atom. The molecule has 5 unspecified atom stereocenters. The van der Waals surface area contributed by atoms with Gasteiger partial charge in [-0.1, -0.05) is 69.2 Å². The first-order valence-electron chi connectivity index (χ1n) is 19.2. The van der Waals surface area contributed by atoms with Crippen LogP contribution < -0.4 is 10.6 Å². The van der Waals surface area contributed by atoms with Gasteiger partial charge in [0.2, 0.25) is 12.2 Å². The molecule has 14 nitrogen and oxygen atoms in total. The average molecular weight is 763 g/mol. The number of hydrogen-bond donors (Lipinski definition) is 2. The number of hydrogen-bond acceptors (Lipinski definition) is 12. The molecule has 0 bridgehead atoms. The molecule has 2 N–H and O–H groups in total. The molecular formula is C40H66N4O10. The maximum Gasteiger partial charge on any atom is 0.407 e. The third kappa shape index (κ3) is 17.6. The maximum atomic E-state index is 12.7. The molecule has 54 heavy (non-hydrogen) atoms. The van der Waals surface area contributed by atoms with E-state index in [9.17, 15) is 28.8 Å². The average Bonchev–Trinajstić information content (AvgIpc) is 3.06. The van der Waals surface area contributed by atoms with Gasteiger partial charge >= 0.3 is 24.1 Å². The van der Waals surface area contributed by atoms with E-state index in [0.717, 1.165) is 25.7 Å². The van der Waals surface area contributed by atoms with Crippen molar-refractivity contribution in [2.24, 2.45) is 48.9 Å². The quantitative estimate of drug-likeness (QED) is 0.0464. The van der Waals surface area contributed by atoms with E-state index < -0.39 is 35.0 Å². The normalized spacial score (nSPS) is 24.8. The minimum absolute atomic E-state index is 0.0250. The summed E-state index contributed by atoms with van der Waals surface area (Å²) in [6.45, 7) is 20.9. The van der Waals surface area contributed by atoms with Crippen molar-refractivity contribution >= 4 is 36.3 Å². The summed E-state index contributed by atoms with van der Waals surface area (Å²) in [7, 11) is 0. The van der Waals surface area contributed by atoms with Crippen LogP contribution in [0, 0.1) is 38.9 Å². The maximum absolute atomic E-state index is 12.7. The molecule has 0 spiro atoms. The summed E-state index contributed by atoms with van der Waals surface area (Å²) in [5.41, 5.74) is -1.53. The van der Waals surface area contributed by atoms with Crippen molar-refractivity contribution in [1.82, 2.24) is 10.6 Å². The number of esters is 2. The molecule has 0 aliphatic heterocycles. The highest BCUT2D eigenvalue weighted by atomic mass is 16.6. The van der Waals surface area contributed by atoms with Crippen LogP contribution in [0.15, 0.2) is 9.98 Å². The minimum atomic E-state index is -0.617. The lowest BCUT2D eigenvalue weighted by Gasteiger charge is -2.45. The number of rotatable bonds is 19. The van der Waals surface area contributed by atoms with Gasteiger partial charge in [-0.3, -0.25) is 9.59 Å². The van der Waals surface area contributed by atoms with E-state index in [1.807, 2.05) is 34.6 Å². The molecule has 5 atom stereocenters. The number of nitrogens with zero attached hydrogens (tertiary/aromatic N) is 2. The number of aliphatic imine (C=N–C) groups is 2. The second kappa shape index (κ2) is 20.2. The standard InChI is InChI=1S/C40H66N4O10/c1-28-29(19-41-26-45)15-36(2,3)18-31(28)44-35(50)54-25-39(8,9)23-52-33(48)14-12-11-13-32(47)51-22-38(6,7)24-53-34(49)42-21-40(10)17-30(43-27-46)16-37(4,5)20-40/h28-31H,11-25H2,1-10H3,(H,42,49)(H,44,50). The second-order valence-electron chi connectivity index (χ2n) is 19.2. The predicted molar refractivity (Wildman–Crippen MR) is 202 cm³/mol. The molecular weight excluding hydrogens is 696 g/mol. The Morgan fingerprint density at radius 1 is 0.722 bits per heavy atom. The molecule has 2 amide bonds. The fourth-order valence-electron chi connectivity index (χ4n) is 7.91. The molecule has 0 aromatic rings. The number of carbonyl (C=O) groups is 4. The molecule has 14 heteroatoms. The number of amides is 2. The fourth-order valence-corrected chi connectivity index (χ4v) is 7.91. The Labute approximate surface area is 321 Å². The third-order valence-corrected chi connectivity index (χ3v) is 10.4. The van der Waals surface area contributed by atoms with Gasteiger partial charge in [-0.25, -0.2) is 29.2 Å². The van der Waals surface area contributed by atoms with Crippen LogP contribution in [-0.4, -0.2) is 87.9 Å². The number of ether oxygens (including phenoxy) is 4. The molecule has 0 aromatic heterocycles. The Kier molecular flexibility index (Phi) is 17.4. The lowest BCUT2D eigenvalue weighted by molar-refractivity contribution is -0.149. The topological polar surface area (TPSA) is 188 Å². The number of nitrogens with one attached hydrogen (secondary N) is 2. The van der Waals surface area contributed by atoms with Crippen LogP contribution in [0.1, 0.15) is 127 Å². The van der Waals surface area contributed by atoms with E-state index in [2.05, 4.69) is 55.2 Å². The van der Waals surface area contributed by atoms with Crippen LogP contribution in [0.4, 0.5) is 9.59 Å². The van der Waals surface area contributed by atoms with Gasteiger partial charge in [-0.2, -0.15) is 0 Å². The number of carbonyl (C=O) groups excluding carboxylic acids is 6. The smallest absolute Gasteiger partial charge is 0.407 e. The Hall–Kier alpha value is -3.76. The van der Waals surface area contributed by atoms with Crippen LogP contribution >= 0.6 is 0 Å². The van der Waals surface area contributed by atoms with Crippen LogP contribution in [0.25, 0.3) is 0 Å². The monoisotopic (exact) mass is 762 g/mol. The fraction of sp³-hybridized carbons (Fsp3) is 0.850. The molecule has 2 rings (SSSR count). The van der Waals surface area contributed by atoms with Crippen LogP contribution in [0.2, 0.25) is 0 Å². The molecule has 0 radical (unpaired) electrons. The highest BCUT2D eigenvalue weighted by molar-refractivity contribution is 5.71. The SMILES string of the molecule is CC1C(CN=C=O)CC(C)(C)CC1NC(=O)OCC(C)(C)COC(=O)CCCCC(=O)OCC(C)(C)COC(=O)NCC1(C)CC(N=C=O)CC(C)(C)C1. The first-order valence-corrected chi connectivity index (χ1v) is 19.2. The van der Waals surface area contributed by atoms with Gasteiger partial charge in [-0.15, -0.1) is 0 Å². The summed E-state index contributed by atoms with van der Waals surface area (Å²) in [5, 5.41) is 5.83. The van der Waals surface area contributed by atoms with E-state index in [1.165, 1.54) is 0 Å². The Balaban J connectivity index is 1.62. The zero-order valence-corrected chi connectivity index (χ0v) is 34.4. The van der Waals surface area contributed by atoms with E-state index in [4.69, 9.17) is 18.9 Å². The van der Waals surface area contributed by atoms with Crippen LogP contribution in [0.5, 0.6) is 0 Å². The van der Waals surface area contributed by atoms with E-state index in [1.54, 1.807) is 12.2 Å². The van der Waals surface area contributed by atoms with Crippen molar-refractivity contribution in [3.63, 3.8) is 0 Å². The summed E-state index contributed by atoms with van der Waals surface area (Å²) < 4.78 is 21.8. The van der Waals surface area contributed by atoms with E-state index in [0.29, 0.717) is 32.4 Å². The van der Waals surface area contributed by atoms with Crippen molar-refractivity contribution in [3.05, 3.63) is 0 Å². The summed E-state index contributed by atoms with van der Waals surface area (Å²) >= 11 is 0. The third-order valence-electron chi connectivity index (χ3n) is 10.4.